The van der Waals surface area contributed by atoms with Crippen molar-refractivity contribution in [2.75, 3.05) is 10.6 Å². The summed E-state index contributed by atoms with van der Waals surface area (Å²) in [4.78, 5) is 21.4. The highest BCUT2D eigenvalue weighted by Crippen LogP contribution is 2.21. The molecule has 5 nitrogen and oxygen atoms in total. The van der Waals surface area contributed by atoms with E-state index in [9.17, 15) is 4.79 Å². The lowest BCUT2D eigenvalue weighted by Gasteiger charge is -2.13. The third-order valence-electron chi connectivity index (χ3n) is 4.41. The fraction of sp³-hybridized carbons (Fsp3) is 0.421. The molecule has 0 atom stereocenters. The number of aryl methyl sites for hydroxylation is 3. The van der Waals surface area contributed by atoms with Crippen LogP contribution in [-0.4, -0.2) is 21.9 Å². The number of benzene rings is 1. The quantitative estimate of drug-likeness (QED) is 0.892. The van der Waals surface area contributed by atoms with E-state index in [-0.39, 0.29) is 5.91 Å². The molecule has 1 heterocycles. The van der Waals surface area contributed by atoms with Gasteiger partial charge in [0.2, 0.25) is 5.95 Å². The van der Waals surface area contributed by atoms with Crippen molar-refractivity contribution in [2.24, 2.45) is 0 Å². The van der Waals surface area contributed by atoms with Gasteiger partial charge in [-0.1, -0.05) is 30.5 Å². The number of hydrogen-bond acceptors (Lipinski definition) is 4. The highest BCUT2D eigenvalue weighted by molar-refractivity contribution is 6.03. The Balaban J connectivity index is 1.77. The number of hydrogen-bond donors (Lipinski definition) is 2. The lowest BCUT2D eigenvalue weighted by Crippen LogP contribution is -2.20. The van der Waals surface area contributed by atoms with Crippen molar-refractivity contribution >= 4 is 17.5 Å². The number of rotatable bonds is 4. The lowest BCUT2D eigenvalue weighted by molar-refractivity contribution is 0.102. The summed E-state index contributed by atoms with van der Waals surface area (Å²) in [6.07, 6.45) is 4.76. The number of amides is 1. The molecule has 0 bridgehead atoms. The normalized spacial score (nSPS) is 14.6. The summed E-state index contributed by atoms with van der Waals surface area (Å²) in [5, 5.41) is 6.30. The fourth-order valence-electron chi connectivity index (χ4n) is 3.14. The standard InChI is InChI=1S/C19H24N4O/c1-12-8-9-16(13(2)10-12)22-18(24)17-11-14(3)20-19(23-17)21-15-6-4-5-7-15/h8-11,15H,4-7H2,1-3H3,(H,22,24)(H,20,21,23). The zero-order valence-corrected chi connectivity index (χ0v) is 14.5. The maximum absolute atomic E-state index is 12.6. The molecule has 1 aliphatic rings. The van der Waals surface area contributed by atoms with Gasteiger partial charge in [0.25, 0.3) is 5.91 Å². The summed E-state index contributed by atoms with van der Waals surface area (Å²) < 4.78 is 0. The first-order chi connectivity index (χ1) is 11.5. The zero-order chi connectivity index (χ0) is 17.1. The summed E-state index contributed by atoms with van der Waals surface area (Å²) in [6, 6.07) is 8.10. The molecule has 1 amide bonds. The number of anilines is 2. The predicted octanol–water partition coefficient (Wildman–Crippen LogP) is 4.01. The van der Waals surface area contributed by atoms with Crippen LogP contribution in [0.5, 0.6) is 0 Å². The first-order valence-corrected chi connectivity index (χ1v) is 8.52. The summed E-state index contributed by atoms with van der Waals surface area (Å²) in [5.41, 5.74) is 4.20. The summed E-state index contributed by atoms with van der Waals surface area (Å²) >= 11 is 0. The van der Waals surface area contributed by atoms with Gasteiger partial charge in [-0.05, 0) is 51.3 Å². The summed E-state index contributed by atoms with van der Waals surface area (Å²) in [7, 11) is 0. The molecule has 24 heavy (non-hydrogen) atoms. The van der Waals surface area contributed by atoms with Crippen LogP contribution in [0.15, 0.2) is 24.3 Å². The van der Waals surface area contributed by atoms with E-state index in [4.69, 9.17) is 0 Å². The summed E-state index contributed by atoms with van der Waals surface area (Å²) in [6.45, 7) is 5.91. The number of carbonyl (C=O) groups excluding carboxylic acids is 1. The molecule has 0 aliphatic heterocycles. The molecule has 0 unspecified atom stereocenters. The monoisotopic (exact) mass is 324 g/mol. The highest BCUT2D eigenvalue weighted by atomic mass is 16.1. The highest BCUT2D eigenvalue weighted by Gasteiger charge is 2.17. The molecule has 1 aromatic carbocycles. The van der Waals surface area contributed by atoms with Gasteiger partial charge in [-0.2, -0.15) is 0 Å². The van der Waals surface area contributed by atoms with Crippen molar-refractivity contribution in [3.63, 3.8) is 0 Å². The second-order valence-corrected chi connectivity index (χ2v) is 6.62. The van der Waals surface area contributed by atoms with Crippen molar-refractivity contribution in [1.82, 2.24) is 9.97 Å². The molecule has 0 spiro atoms. The second-order valence-electron chi connectivity index (χ2n) is 6.62. The Hall–Kier alpha value is -2.43. The summed E-state index contributed by atoms with van der Waals surface area (Å²) in [5.74, 6) is 0.342. The Morgan fingerprint density at radius 1 is 1.08 bits per heavy atom. The van der Waals surface area contributed by atoms with Crippen LogP contribution in [0.25, 0.3) is 0 Å². The predicted molar refractivity (Wildman–Crippen MR) is 96.5 cm³/mol. The number of carbonyl (C=O) groups is 1. The van der Waals surface area contributed by atoms with Crippen LogP contribution in [0.2, 0.25) is 0 Å². The van der Waals surface area contributed by atoms with E-state index in [1.807, 2.05) is 39.0 Å². The van der Waals surface area contributed by atoms with E-state index in [1.165, 1.54) is 18.4 Å². The first-order valence-electron chi connectivity index (χ1n) is 8.52. The van der Waals surface area contributed by atoms with Crippen LogP contribution >= 0.6 is 0 Å². The molecule has 1 fully saturated rings. The minimum Gasteiger partial charge on any atom is -0.351 e. The SMILES string of the molecule is Cc1ccc(NC(=O)c2cc(C)nc(NC3CCCC3)n2)c(C)c1. The Bertz CT molecular complexity index is 751. The first kappa shape index (κ1) is 16.4. The van der Waals surface area contributed by atoms with Gasteiger partial charge in [0.15, 0.2) is 0 Å². The number of nitrogens with one attached hydrogen (secondary N) is 2. The molecule has 1 saturated carbocycles. The average molecular weight is 324 g/mol. The molecule has 1 aliphatic carbocycles. The van der Waals surface area contributed by atoms with Crippen molar-refractivity contribution in [3.8, 4) is 0 Å². The molecule has 126 valence electrons. The van der Waals surface area contributed by atoms with Crippen molar-refractivity contribution in [1.29, 1.82) is 0 Å². The van der Waals surface area contributed by atoms with Crippen LogP contribution in [0.1, 0.15) is 53.0 Å². The van der Waals surface area contributed by atoms with Gasteiger partial charge in [0.05, 0.1) is 0 Å². The van der Waals surface area contributed by atoms with Gasteiger partial charge in [-0.3, -0.25) is 4.79 Å². The third-order valence-corrected chi connectivity index (χ3v) is 4.41. The third kappa shape index (κ3) is 3.91. The zero-order valence-electron chi connectivity index (χ0n) is 14.5. The van der Waals surface area contributed by atoms with Gasteiger partial charge in [-0.15, -0.1) is 0 Å². The molecule has 1 aromatic heterocycles. The Labute approximate surface area is 142 Å². The molecule has 2 aromatic rings. The largest absolute Gasteiger partial charge is 0.351 e. The molecule has 5 heteroatoms. The molecule has 2 N–H and O–H groups in total. The molecule has 3 rings (SSSR count). The minimum absolute atomic E-state index is 0.207. The fourth-order valence-corrected chi connectivity index (χ4v) is 3.14. The number of aromatic nitrogens is 2. The van der Waals surface area contributed by atoms with Crippen LogP contribution in [0.4, 0.5) is 11.6 Å². The van der Waals surface area contributed by atoms with Crippen LogP contribution in [0, 0.1) is 20.8 Å². The van der Waals surface area contributed by atoms with Crippen molar-refractivity contribution < 1.29 is 4.79 Å². The Morgan fingerprint density at radius 2 is 1.83 bits per heavy atom. The topological polar surface area (TPSA) is 66.9 Å². The van der Waals surface area contributed by atoms with Gasteiger partial charge in [0, 0.05) is 17.4 Å². The maximum Gasteiger partial charge on any atom is 0.274 e. The maximum atomic E-state index is 12.6. The van der Waals surface area contributed by atoms with Gasteiger partial charge in [0.1, 0.15) is 5.69 Å². The second kappa shape index (κ2) is 6.99. The number of nitrogens with zero attached hydrogens (tertiary/aromatic N) is 2. The van der Waals surface area contributed by atoms with E-state index in [2.05, 4.69) is 20.6 Å². The lowest BCUT2D eigenvalue weighted by atomic mass is 10.1. The average Bonchev–Trinajstić information content (AvgIpc) is 3.02. The van der Waals surface area contributed by atoms with E-state index >= 15 is 0 Å². The van der Waals surface area contributed by atoms with Gasteiger partial charge in [-0.25, -0.2) is 9.97 Å². The molecule has 0 saturated heterocycles. The molecule has 0 radical (unpaired) electrons. The van der Waals surface area contributed by atoms with E-state index in [0.717, 1.165) is 29.8 Å². The van der Waals surface area contributed by atoms with Crippen molar-refractivity contribution in [2.45, 2.75) is 52.5 Å². The van der Waals surface area contributed by atoms with Gasteiger partial charge < -0.3 is 10.6 Å². The van der Waals surface area contributed by atoms with Crippen molar-refractivity contribution in [3.05, 3.63) is 46.8 Å². The van der Waals surface area contributed by atoms with E-state index < -0.39 is 0 Å². The minimum atomic E-state index is -0.207. The van der Waals surface area contributed by atoms with E-state index in [1.54, 1.807) is 6.07 Å². The van der Waals surface area contributed by atoms with Gasteiger partial charge >= 0.3 is 0 Å². The Kier molecular flexibility index (Phi) is 4.79. The van der Waals surface area contributed by atoms with Crippen LogP contribution < -0.4 is 10.6 Å². The van der Waals surface area contributed by atoms with E-state index in [0.29, 0.717) is 17.7 Å². The smallest absolute Gasteiger partial charge is 0.274 e. The molecular weight excluding hydrogens is 300 g/mol. The van der Waals surface area contributed by atoms with Crippen LogP contribution in [-0.2, 0) is 0 Å². The van der Waals surface area contributed by atoms with Crippen LogP contribution in [0.3, 0.4) is 0 Å². The Morgan fingerprint density at radius 3 is 2.54 bits per heavy atom. The molecular formula is C19H24N4O.